The lowest BCUT2D eigenvalue weighted by Gasteiger charge is -2.24. The van der Waals surface area contributed by atoms with Gasteiger partial charge in [-0.1, -0.05) is 0 Å². The summed E-state index contributed by atoms with van der Waals surface area (Å²) in [4.78, 5) is 14.0. The van der Waals surface area contributed by atoms with E-state index in [-0.39, 0.29) is 6.09 Å². The van der Waals surface area contributed by atoms with E-state index < -0.39 is 5.60 Å². The molecule has 0 saturated carbocycles. The van der Waals surface area contributed by atoms with E-state index in [1.807, 2.05) is 50.7 Å². The van der Waals surface area contributed by atoms with Crippen LogP contribution in [-0.4, -0.2) is 22.8 Å². The zero-order valence-electron chi connectivity index (χ0n) is 14.8. The quantitative estimate of drug-likeness (QED) is 0.929. The lowest BCUT2D eigenvalue weighted by Crippen LogP contribution is -2.35. The summed E-state index contributed by atoms with van der Waals surface area (Å²) in [6.45, 7) is 7.12. The smallest absolute Gasteiger partial charge is 0.414 e. The monoisotopic (exact) mass is 327 g/mol. The molecule has 1 amide bonds. The minimum absolute atomic E-state index is 0.272. The van der Waals surface area contributed by atoms with Gasteiger partial charge in [-0.25, -0.2) is 4.79 Å². The normalized spacial score (nSPS) is 13.8. The van der Waals surface area contributed by atoms with E-state index in [0.717, 1.165) is 24.3 Å². The van der Waals surface area contributed by atoms with Crippen LogP contribution in [0.4, 0.5) is 16.2 Å². The first-order valence-corrected chi connectivity index (χ1v) is 8.30. The summed E-state index contributed by atoms with van der Waals surface area (Å²) in [5.74, 6) is 0. The third-order valence-corrected chi connectivity index (χ3v) is 3.98. The Morgan fingerprint density at radius 1 is 1.29 bits per heavy atom. The molecule has 5 heteroatoms. The highest BCUT2D eigenvalue weighted by Crippen LogP contribution is 2.31. The molecule has 0 saturated heterocycles. The maximum absolute atomic E-state index is 12.3. The van der Waals surface area contributed by atoms with Gasteiger partial charge in [-0.3, -0.25) is 4.90 Å². The summed E-state index contributed by atoms with van der Waals surface area (Å²) >= 11 is 0. The first-order valence-electron chi connectivity index (χ1n) is 8.30. The molecular formula is C19H25N3O2. The van der Waals surface area contributed by atoms with Crippen LogP contribution in [0, 0.1) is 0 Å². The van der Waals surface area contributed by atoms with Crippen molar-refractivity contribution in [1.82, 2.24) is 4.57 Å². The molecule has 0 bridgehead atoms. The van der Waals surface area contributed by atoms with Crippen LogP contribution in [0.2, 0.25) is 0 Å². The van der Waals surface area contributed by atoms with Gasteiger partial charge in [0.15, 0.2) is 0 Å². The number of hydrogen-bond acceptors (Lipinski definition) is 3. The van der Waals surface area contributed by atoms with Gasteiger partial charge in [0.25, 0.3) is 0 Å². The molecule has 1 aromatic carbocycles. The molecular weight excluding hydrogens is 302 g/mol. The first-order chi connectivity index (χ1) is 11.3. The van der Waals surface area contributed by atoms with Crippen LogP contribution in [0.1, 0.15) is 31.9 Å². The van der Waals surface area contributed by atoms with E-state index in [9.17, 15) is 4.79 Å². The number of fused-ring (bicyclic) bond motifs is 1. The van der Waals surface area contributed by atoms with Crippen LogP contribution in [0.25, 0.3) is 0 Å². The zero-order valence-corrected chi connectivity index (χ0v) is 14.8. The third-order valence-electron chi connectivity index (χ3n) is 3.98. The molecule has 1 aliphatic heterocycles. The van der Waals surface area contributed by atoms with Crippen LogP contribution < -0.4 is 10.2 Å². The Balaban J connectivity index is 1.67. The molecule has 0 atom stereocenters. The molecule has 0 unspecified atom stereocenters. The molecule has 0 radical (unpaired) electrons. The van der Waals surface area contributed by atoms with E-state index in [4.69, 9.17) is 4.74 Å². The molecule has 2 heterocycles. The van der Waals surface area contributed by atoms with E-state index in [1.165, 1.54) is 11.1 Å². The van der Waals surface area contributed by atoms with Crippen LogP contribution in [0.5, 0.6) is 0 Å². The van der Waals surface area contributed by atoms with Crippen molar-refractivity contribution in [1.29, 1.82) is 0 Å². The Morgan fingerprint density at radius 2 is 2.08 bits per heavy atom. The third kappa shape index (κ3) is 3.72. The topological polar surface area (TPSA) is 46.5 Å². The zero-order chi connectivity index (χ0) is 17.3. The summed E-state index contributed by atoms with van der Waals surface area (Å²) < 4.78 is 7.53. The van der Waals surface area contributed by atoms with Gasteiger partial charge < -0.3 is 14.6 Å². The summed E-state index contributed by atoms with van der Waals surface area (Å²) in [6, 6.07) is 8.25. The molecule has 5 nitrogen and oxygen atoms in total. The van der Waals surface area contributed by atoms with Crippen molar-refractivity contribution in [2.24, 2.45) is 7.05 Å². The second-order valence-electron chi connectivity index (χ2n) is 7.26. The number of ether oxygens (including phenoxy) is 1. The Kier molecular flexibility index (Phi) is 4.26. The fraction of sp³-hybridized carbons (Fsp3) is 0.421. The SMILES string of the molecule is Cn1ccc(CNc2ccc3c(c2)CCN3C(=O)OC(C)(C)C)c1. The number of nitrogens with one attached hydrogen (secondary N) is 1. The largest absolute Gasteiger partial charge is 0.443 e. The Labute approximate surface area is 143 Å². The molecule has 0 aliphatic carbocycles. The Morgan fingerprint density at radius 3 is 2.75 bits per heavy atom. The minimum Gasteiger partial charge on any atom is -0.443 e. The predicted molar refractivity (Wildman–Crippen MR) is 96.5 cm³/mol. The number of benzene rings is 1. The van der Waals surface area contributed by atoms with Gasteiger partial charge in [0.1, 0.15) is 5.60 Å². The molecule has 1 N–H and O–H groups in total. The maximum Gasteiger partial charge on any atom is 0.414 e. The van der Waals surface area contributed by atoms with Crippen molar-refractivity contribution >= 4 is 17.5 Å². The van der Waals surface area contributed by atoms with Crippen molar-refractivity contribution in [2.45, 2.75) is 39.3 Å². The fourth-order valence-corrected chi connectivity index (χ4v) is 2.89. The van der Waals surface area contributed by atoms with Crippen molar-refractivity contribution in [3.8, 4) is 0 Å². The molecule has 1 aliphatic rings. The fourth-order valence-electron chi connectivity index (χ4n) is 2.89. The maximum atomic E-state index is 12.3. The number of nitrogens with zero attached hydrogens (tertiary/aromatic N) is 2. The van der Waals surface area contributed by atoms with Gasteiger partial charge >= 0.3 is 6.09 Å². The lowest BCUT2D eigenvalue weighted by molar-refractivity contribution is 0.0584. The number of rotatable bonds is 3. The van der Waals surface area contributed by atoms with E-state index in [0.29, 0.717) is 6.54 Å². The Hall–Kier alpha value is -2.43. The van der Waals surface area contributed by atoms with Crippen molar-refractivity contribution < 1.29 is 9.53 Å². The predicted octanol–water partition coefficient (Wildman–Crippen LogP) is 3.93. The number of amides is 1. The number of carbonyl (C=O) groups is 1. The Bertz CT molecular complexity index is 743. The van der Waals surface area contributed by atoms with Gasteiger partial charge in [-0.15, -0.1) is 0 Å². The molecule has 2 aromatic rings. The van der Waals surface area contributed by atoms with E-state index in [2.05, 4.69) is 23.6 Å². The van der Waals surface area contributed by atoms with Crippen LogP contribution in [-0.2, 0) is 24.8 Å². The molecule has 1 aromatic heterocycles. The molecule has 0 spiro atoms. The van der Waals surface area contributed by atoms with Crippen molar-refractivity contribution in [3.05, 3.63) is 47.8 Å². The number of carbonyl (C=O) groups excluding carboxylic acids is 1. The van der Waals surface area contributed by atoms with Crippen LogP contribution in [0.3, 0.4) is 0 Å². The van der Waals surface area contributed by atoms with E-state index in [1.54, 1.807) is 4.90 Å². The van der Waals surface area contributed by atoms with E-state index >= 15 is 0 Å². The molecule has 0 fully saturated rings. The highest BCUT2D eigenvalue weighted by molar-refractivity contribution is 5.91. The second-order valence-corrected chi connectivity index (χ2v) is 7.26. The van der Waals surface area contributed by atoms with Crippen molar-refractivity contribution in [2.75, 3.05) is 16.8 Å². The molecule has 128 valence electrons. The number of anilines is 2. The standard InChI is InChI=1S/C19H25N3O2/c1-19(2,3)24-18(23)22-10-8-15-11-16(5-6-17(15)22)20-12-14-7-9-21(4)13-14/h5-7,9,11,13,20H,8,10,12H2,1-4H3. The highest BCUT2D eigenvalue weighted by atomic mass is 16.6. The average Bonchev–Trinajstić information content (AvgIpc) is 3.08. The van der Waals surface area contributed by atoms with Crippen LogP contribution in [0.15, 0.2) is 36.7 Å². The first kappa shape index (κ1) is 16.4. The second kappa shape index (κ2) is 6.23. The van der Waals surface area contributed by atoms with Crippen LogP contribution >= 0.6 is 0 Å². The molecule has 3 rings (SSSR count). The van der Waals surface area contributed by atoms with Gasteiger partial charge in [0, 0.05) is 38.2 Å². The summed E-state index contributed by atoms with van der Waals surface area (Å²) in [7, 11) is 2.02. The summed E-state index contributed by atoms with van der Waals surface area (Å²) in [5, 5.41) is 3.44. The summed E-state index contributed by atoms with van der Waals surface area (Å²) in [5.41, 5.74) is 3.97. The van der Waals surface area contributed by atoms with Gasteiger partial charge in [-0.2, -0.15) is 0 Å². The summed E-state index contributed by atoms with van der Waals surface area (Å²) in [6.07, 6.45) is 4.73. The number of hydrogen-bond donors (Lipinski definition) is 1. The van der Waals surface area contributed by atoms with Gasteiger partial charge in [0.2, 0.25) is 0 Å². The highest BCUT2D eigenvalue weighted by Gasteiger charge is 2.28. The molecule has 24 heavy (non-hydrogen) atoms. The number of aryl methyl sites for hydroxylation is 1. The van der Waals surface area contributed by atoms with Gasteiger partial charge in [-0.05, 0) is 62.6 Å². The number of aromatic nitrogens is 1. The van der Waals surface area contributed by atoms with Gasteiger partial charge in [0.05, 0.1) is 5.69 Å². The minimum atomic E-state index is -0.475. The lowest BCUT2D eigenvalue weighted by atomic mass is 10.1. The average molecular weight is 327 g/mol. The van der Waals surface area contributed by atoms with Crippen molar-refractivity contribution in [3.63, 3.8) is 0 Å².